The molecule has 0 unspecified atom stereocenters. The first kappa shape index (κ1) is 19.3. The first-order chi connectivity index (χ1) is 14.0. The number of fused-ring (bicyclic) bond motifs is 1. The Morgan fingerprint density at radius 1 is 1.31 bits per heavy atom. The number of likely N-dealkylation sites (N-methyl/N-ethyl adjacent to an activating group) is 1. The summed E-state index contributed by atoms with van der Waals surface area (Å²) >= 11 is 3.45. The summed E-state index contributed by atoms with van der Waals surface area (Å²) < 4.78 is 2.12. The largest absolute Gasteiger partial charge is 0.342 e. The van der Waals surface area contributed by atoms with Crippen molar-refractivity contribution in [3.63, 3.8) is 0 Å². The third-order valence-corrected chi connectivity index (χ3v) is 5.36. The maximum atomic E-state index is 12.9. The fraction of sp³-hybridized carbons (Fsp3) is 0.250. The van der Waals surface area contributed by atoms with Crippen molar-refractivity contribution in [3.05, 3.63) is 70.5 Å². The Morgan fingerprint density at radius 3 is 2.90 bits per heavy atom. The van der Waals surface area contributed by atoms with Crippen molar-refractivity contribution in [2.24, 2.45) is 0 Å². The molecule has 1 atom stereocenters. The molecule has 1 N–H and O–H groups in total. The minimum atomic E-state index is -0.621. The molecule has 8 nitrogen and oxygen atoms in total. The summed E-state index contributed by atoms with van der Waals surface area (Å²) in [5, 5.41) is 6.92. The van der Waals surface area contributed by atoms with Crippen molar-refractivity contribution in [1.82, 2.24) is 25.1 Å². The van der Waals surface area contributed by atoms with Crippen LogP contribution in [0.15, 0.2) is 53.5 Å². The number of aryl methyl sites for hydroxylation is 1. The summed E-state index contributed by atoms with van der Waals surface area (Å²) in [6, 6.07) is 6.56. The molecule has 148 valence electrons. The molecule has 3 heterocycles. The number of halogens is 1. The van der Waals surface area contributed by atoms with E-state index in [0.717, 1.165) is 21.3 Å². The molecule has 0 bridgehead atoms. The molecule has 3 aromatic rings. The topological polar surface area (TPSA) is 93.0 Å². The summed E-state index contributed by atoms with van der Waals surface area (Å²) in [4.78, 5) is 35.5. The molecule has 1 aromatic carbocycles. The number of aromatic nitrogens is 4. The van der Waals surface area contributed by atoms with Crippen molar-refractivity contribution in [2.75, 3.05) is 11.9 Å². The van der Waals surface area contributed by atoms with Gasteiger partial charge in [-0.15, -0.1) is 0 Å². The van der Waals surface area contributed by atoms with Crippen LogP contribution in [0.25, 0.3) is 0 Å². The Hall–Kier alpha value is -3.07. The van der Waals surface area contributed by atoms with Gasteiger partial charge in [-0.1, -0.05) is 22.0 Å². The molecule has 2 aromatic heterocycles. The Balaban J connectivity index is 1.45. The first-order valence-corrected chi connectivity index (χ1v) is 9.97. The molecular weight excluding hydrogens is 436 g/mol. The minimum absolute atomic E-state index is 0.153. The number of nitrogens with zero attached hydrogens (tertiary/aromatic N) is 5. The number of nitrogens with one attached hydrogen (secondary N) is 1. The van der Waals surface area contributed by atoms with Crippen LogP contribution in [0.1, 0.15) is 23.4 Å². The maximum absolute atomic E-state index is 12.9. The number of hydrogen-bond acceptors (Lipinski definition) is 5. The highest BCUT2D eigenvalue weighted by molar-refractivity contribution is 9.10. The molecule has 0 fully saturated rings. The summed E-state index contributed by atoms with van der Waals surface area (Å²) in [7, 11) is 1.73. The number of hydrogen-bond donors (Lipinski definition) is 1. The number of rotatable bonds is 3. The first-order valence-electron chi connectivity index (χ1n) is 9.17. The van der Waals surface area contributed by atoms with Gasteiger partial charge in [-0.05, 0) is 42.2 Å². The Kier molecular flexibility index (Phi) is 5.39. The van der Waals surface area contributed by atoms with Gasteiger partial charge in [0.2, 0.25) is 5.91 Å². The quantitative estimate of drug-likeness (QED) is 0.656. The molecule has 0 saturated heterocycles. The van der Waals surface area contributed by atoms with Gasteiger partial charge in [0.05, 0.1) is 6.20 Å². The van der Waals surface area contributed by atoms with Crippen LogP contribution in [0.5, 0.6) is 0 Å². The van der Waals surface area contributed by atoms with Crippen LogP contribution in [-0.4, -0.2) is 44.8 Å². The van der Waals surface area contributed by atoms with Crippen molar-refractivity contribution in [3.8, 4) is 0 Å². The zero-order valence-corrected chi connectivity index (χ0v) is 17.3. The summed E-state index contributed by atoms with van der Waals surface area (Å²) in [6.45, 7) is 0. The summed E-state index contributed by atoms with van der Waals surface area (Å²) in [5.74, 6) is 0.497. The van der Waals surface area contributed by atoms with Crippen LogP contribution in [0.3, 0.4) is 0 Å². The number of benzene rings is 1. The van der Waals surface area contributed by atoms with Gasteiger partial charge in [0.1, 0.15) is 11.9 Å². The third-order valence-electron chi connectivity index (χ3n) is 4.86. The van der Waals surface area contributed by atoms with E-state index in [-0.39, 0.29) is 5.91 Å². The standard InChI is InChI=1S/C20H19BrN6O2/c1-26-17-10-15(21)5-3-14(17)4-6-16(19(26)28)25-20(29)27-12-13(11-24-27)9-18-22-7-2-8-23-18/h2-3,5,7-8,10-12,16H,4,6,9H2,1H3,(H,25,29)/t16-/m0/s1. The van der Waals surface area contributed by atoms with E-state index in [0.29, 0.717) is 25.1 Å². The molecule has 29 heavy (non-hydrogen) atoms. The Bertz CT molecular complexity index is 1050. The zero-order valence-electron chi connectivity index (χ0n) is 15.7. The molecule has 1 aliphatic rings. The van der Waals surface area contributed by atoms with E-state index in [1.54, 1.807) is 42.8 Å². The average Bonchev–Trinajstić information content (AvgIpc) is 3.16. The van der Waals surface area contributed by atoms with Gasteiger partial charge >= 0.3 is 6.03 Å². The molecular formula is C20H19BrN6O2. The number of carbonyl (C=O) groups is 2. The van der Waals surface area contributed by atoms with E-state index in [1.807, 2.05) is 18.2 Å². The van der Waals surface area contributed by atoms with E-state index in [4.69, 9.17) is 0 Å². The Labute approximate surface area is 176 Å². The highest BCUT2D eigenvalue weighted by atomic mass is 79.9. The van der Waals surface area contributed by atoms with E-state index in [9.17, 15) is 9.59 Å². The number of amides is 2. The average molecular weight is 455 g/mol. The SMILES string of the molecule is CN1C(=O)[C@@H](NC(=O)n2cc(Cc3ncccn3)cn2)CCc2ccc(Br)cc21. The summed E-state index contributed by atoms with van der Waals surface area (Å²) in [6.07, 6.45) is 8.26. The minimum Gasteiger partial charge on any atom is -0.324 e. The lowest BCUT2D eigenvalue weighted by Crippen LogP contribution is -2.48. The highest BCUT2D eigenvalue weighted by Crippen LogP contribution is 2.29. The Morgan fingerprint density at radius 2 is 2.10 bits per heavy atom. The molecule has 4 rings (SSSR count). The molecule has 0 radical (unpaired) electrons. The van der Waals surface area contributed by atoms with Gasteiger partial charge < -0.3 is 10.2 Å². The fourth-order valence-corrected chi connectivity index (χ4v) is 3.70. The lowest BCUT2D eigenvalue weighted by Gasteiger charge is -2.22. The second kappa shape index (κ2) is 8.12. The number of anilines is 1. The van der Waals surface area contributed by atoms with Crippen LogP contribution in [0.2, 0.25) is 0 Å². The van der Waals surface area contributed by atoms with Gasteiger partial charge in [0.15, 0.2) is 0 Å². The summed E-state index contributed by atoms with van der Waals surface area (Å²) in [5.41, 5.74) is 2.74. The van der Waals surface area contributed by atoms with Gasteiger partial charge in [0, 0.05) is 42.2 Å². The lowest BCUT2D eigenvalue weighted by molar-refractivity contribution is -0.120. The van der Waals surface area contributed by atoms with Crippen LogP contribution in [0.4, 0.5) is 10.5 Å². The van der Waals surface area contributed by atoms with E-state index >= 15 is 0 Å². The van der Waals surface area contributed by atoms with Crippen molar-refractivity contribution in [2.45, 2.75) is 25.3 Å². The monoisotopic (exact) mass is 454 g/mol. The van der Waals surface area contributed by atoms with E-state index in [2.05, 4.69) is 36.3 Å². The second-order valence-electron chi connectivity index (χ2n) is 6.85. The third kappa shape index (κ3) is 4.19. The molecule has 1 aliphatic heterocycles. The number of carbonyl (C=O) groups excluding carboxylic acids is 2. The fourth-order valence-electron chi connectivity index (χ4n) is 3.35. The van der Waals surface area contributed by atoms with Crippen LogP contribution >= 0.6 is 15.9 Å². The highest BCUT2D eigenvalue weighted by Gasteiger charge is 2.29. The molecule has 2 amide bonds. The van der Waals surface area contributed by atoms with E-state index in [1.165, 1.54) is 4.68 Å². The van der Waals surface area contributed by atoms with Gasteiger partial charge in [-0.25, -0.2) is 14.8 Å². The predicted octanol–water partition coefficient (Wildman–Crippen LogP) is 2.56. The van der Waals surface area contributed by atoms with E-state index < -0.39 is 12.1 Å². The van der Waals surface area contributed by atoms with Gasteiger partial charge in [-0.2, -0.15) is 9.78 Å². The van der Waals surface area contributed by atoms with Crippen LogP contribution in [-0.2, 0) is 17.6 Å². The molecule has 9 heteroatoms. The predicted molar refractivity (Wildman–Crippen MR) is 111 cm³/mol. The van der Waals surface area contributed by atoms with Gasteiger partial charge in [-0.3, -0.25) is 4.79 Å². The smallest absolute Gasteiger partial charge is 0.324 e. The van der Waals surface area contributed by atoms with Gasteiger partial charge in [0.25, 0.3) is 0 Å². The van der Waals surface area contributed by atoms with Crippen molar-refractivity contribution < 1.29 is 9.59 Å². The molecule has 0 spiro atoms. The lowest BCUT2D eigenvalue weighted by atomic mass is 10.1. The molecule has 0 saturated carbocycles. The maximum Gasteiger partial charge on any atom is 0.342 e. The van der Waals surface area contributed by atoms with Crippen molar-refractivity contribution in [1.29, 1.82) is 0 Å². The van der Waals surface area contributed by atoms with Crippen LogP contribution < -0.4 is 10.2 Å². The zero-order chi connectivity index (χ0) is 20.4. The normalized spacial score (nSPS) is 16.3. The van der Waals surface area contributed by atoms with Crippen molar-refractivity contribution >= 4 is 33.6 Å². The van der Waals surface area contributed by atoms with Crippen LogP contribution in [0, 0.1) is 0 Å². The molecule has 0 aliphatic carbocycles. The second-order valence-corrected chi connectivity index (χ2v) is 7.76.